The minimum atomic E-state index is -0.882. The lowest BCUT2D eigenvalue weighted by Crippen LogP contribution is -2.25. The molecule has 0 aromatic heterocycles. The molecule has 1 atom stereocenters. The van der Waals surface area contributed by atoms with Crippen molar-refractivity contribution < 1.29 is 14.6 Å². The van der Waals surface area contributed by atoms with Gasteiger partial charge in [0.25, 0.3) is 0 Å². The van der Waals surface area contributed by atoms with Crippen LogP contribution in [0.3, 0.4) is 0 Å². The summed E-state index contributed by atoms with van der Waals surface area (Å²) in [5.41, 5.74) is 0.735. The zero-order valence-electron chi connectivity index (χ0n) is 8.15. The fraction of sp³-hybridized carbons (Fsp3) is 0.300. The number of nitrogens with one attached hydrogen (secondary N) is 1. The topological polar surface area (TPSA) is 58.6 Å². The van der Waals surface area contributed by atoms with Crippen LogP contribution < -0.4 is 10.1 Å². The van der Waals surface area contributed by atoms with Gasteiger partial charge in [0.2, 0.25) is 0 Å². The summed E-state index contributed by atoms with van der Waals surface area (Å²) in [6, 6.07) is 6.54. The van der Waals surface area contributed by atoms with Gasteiger partial charge in [0.15, 0.2) is 0 Å². The Hall–Kier alpha value is -1.71. The zero-order chi connectivity index (χ0) is 10.6. The molecule has 14 heavy (non-hydrogen) atoms. The molecule has 1 rings (SSSR count). The van der Waals surface area contributed by atoms with E-state index in [4.69, 9.17) is 9.84 Å². The quantitative estimate of drug-likeness (QED) is 0.765. The summed E-state index contributed by atoms with van der Waals surface area (Å²) in [7, 11) is 1.57. The molecule has 1 aromatic rings. The van der Waals surface area contributed by atoms with E-state index in [0.717, 1.165) is 5.69 Å². The number of anilines is 1. The average molecular weight is 195 g/mol. The molecule has 1 aromatic carbocycles. The number of carboxylic acids is 1. The van der Waals surface area contributed by atoms with Crippen molar-refractivity contribution in [1.82, 2.24) is 0 Å². The molecule has 76 valence electrons. The Labute approximate surface area is 82.5 Å². The van der Waals surface area contributed by atoms with Crippen LogP contribution in [-0.2, 0) is 4.79 Å². The Bertz CT molecular complexity index is 325. The van der Waals surface area contributed by atoms with Gasteiger partial charge in [-0.25, -0.2) is 0 Å². The molecule has 0 amide bonds. The molecule has 4 heteroatoms. The molecule has 4 nitrogen and oxygen atoms in total. The molecule has 0 aliphatic rings. The Balaban J connectivity index is 2.71. The highest BCUT2D eigenvalue weighted by atomic mass is 16.5. The molecule has 0 radical (unpaired) electrons. The van der Waals surface area contributed by atoms with E-state index in [1.165, 1.54) is 0 Å². The number of methoxy groups -OCH3 is 1. The van der Waals surface area contributed by atoms with E-state index in [2.05, 4.69) is 5.32 Å². The van der Waals surface area contributed by atoms with Crippen molar-refractivity contribution in [3.05, 3.63) is 24.3 Å². The maximum absolute atomic E-state index is 10.6. The molecule has 0 saturated carbocycles. The van der Waals surface area contributed by atoms with Crippen LogP contribution in [0.1, 0.15) is 6.92 Å². The first-order valence-electron chi connectivity index (χ1n) is 4.27. The predicted octanol–water partition coefficient (Wildman–Crippen LogP) is 1.58. The van der Waals surface area contributed by atoms with Gasteiger partial charge in [-0.15, -0.1) is 0 Å². The third-order valence-corrected chi connectivity index (χ3v) is 1.82. The fourth-order valence-corrected chi connectivity index (χ4v) is 1.02. The summed E-state index contributed by atoms with van der Waals surface area (Å²) in [5.74, 6) is -0.180. The van der Waals surface area contributed by atoms with E-state index in [9.17, 15) is 4.79 Å². The second-order valence-corrected chi connectivity index (χ2v) is 2.94. The third kappa shape index (κ3) is 2.65. The monoisotopic (exact) mass is 195 g/mol. The number of benzene rings is 1. The lowest BCUT2D eigenvalue weighted by Gasteiger charge is -2.11. The zero-order valence-corrected chi connectivity index (χ0v) is 8.15. The number of hydrogen-bond acceptors (Lipinski definition) is 3. The van der Waals surface area contributed by atoms with Gasteiger partial charge in [-0.3, -0.25) is 4.79 Å². The lowest BCUT2D eigenvalue weighted by atomic mass is 10.2. The summed E-state index contributed by atoms with van der Waals surface area (Å²) in [5, 5.41) is 11.5. The average Bonchev–Trinajstić information content (AvgIpc) is 2.18. The number of carboxylic acid groups (broad SMARTS) is 1. The highest BCUT2D eigenvalue weighted by Gasteiger charge is 2.09. The Morgan fingerprint density at radius 2 is 2.29 bits per heavy atom. The molecular weight excluding hydrogens is 182 g/mol. The van der Waals surface area contributed by atoms with Crippen molar-refractivity contribution in [2.24, 2.45) is 0 Å². The lowest BCUT2D eigenvalue weighted by molar-refractivity contribution is -0.137. The van der Waals surface area contributed by atoms with Crippen LogP contribution in [0.25, 0.3) is 0 Å². The first-order chi connectivity index (χ1) is 6.63. The Morgan fingerprint density at radius 3 is 2.86 bits per heavy atom. The van der Waals surface area contributed by atoms with Crippen LogP contribution in [0.2, 0.25) is 0 Å². The van der Waals surface area contributed by atoms with Crippen molar-refractivity contribution in [2.45, 2.75) is 13.0 Å². The van der Waals surface area contributed by atoms with Gasteiger partial charge in [0.1, 0.15) is 11.8 Å². The fourth-order valence-electron chi connectivity index (χ4n) is 1.02. The molecule has 0 heterocycles. The van der Waals surface area contributed by atoms with Gasteiger partial charge >= 0.3 is 5.97 Å². The highest BCUT2D eigenvalue weighted by molar-refractivity contribution is 5.76. The molecule has 0 fully saturated rings. The van der Waals surface area contributed by atoms with E-state index in [1.54, 1.807) is 38.3 Å². The van der Waals surface area contributed by atoms with Crippen molar-refractivity contribution in [1.29, 1.82) is 0 Å². The van der Waals surface area contributed by atoms with E-state index < -0.39 is 12.0 Å². The van der Waals surface area contributed by atoms with E-state index >= 15 is 0 Å². The van der Waals surface area contributed by atoms with E-state index in [0.29, 0.717) is 5.75 Å². The molecular formula is C10H13NO3. The maximum atomic E-state index is 10.6. The number of aliphatic carboxylic acids is 1. The van der Waals surface area contributed by atoms with Crippen LogP contribution >= 0.6 is 0 Å². The normalized spacial score (nSPS) is 11.9. The Morgan fingerprint density at radius 1 is 1.57 bits per heavy atom. The molecule has 0 unspecified atom stereocenters. The van der Waals surface area contributed by atoms with Crippen LogP contribution in [0.15, 0.2) is 24.3 Å². The largest absolute Gasteiger partial charge is 0.497 e. The number of hydrogen-bond donors (Lipinski definition) is 2. The number of ether oxygens (including phenoxy) is 1. The van der Waals surface area contributed by atoms with Crippen LogP contribution in [-0.4, -0.2) is 24.2 Å². The summed E-state index contributed by atoms with van der Waals surface area (Å²) in [4.78, 5) is 10.6. The van der Waals surface area contributed by atoms with Crippen molar-refractivity contribution in [2.75, 3.05) is 12.4 Å². The first-order valence-corrected chi connectivity index (χ1v) is 4.27. The Kier molecular flexibility index (Phi) is 3.34. The van der Waals surface area contributed by atoms with Gasteiger partial charge < -0.3 is 15.2 Å². The van der Waals surface area contributed by atoms with Crippen LogP contribution in [0.4, 0.5) is 5.69 Å². The molecule has 0 spiro atoms. The summed E-state index contributed by atoms with van der Waals surface area (Å²) in [6.45, 7) is 1.59. The van der Waals surface area contributed by atoms with E-state index in [-0.39, 0.29) is 0 Å². The van der Waals surface area contributed by atoms with Gasteiger partial charge in [-0.05, 0) is 19.1 Å². The summed E-state index contributed by atoms with van der Waals surface area (Å²) >= 11 is 0. The molecule has 2 N–H and O–H groups in total. The van der Waals surface area contributed by atoms with Crippen molar-refractivity contribution >= 4 is 11.7 Å². The minimum Gasteiger partial charge on any atom is -0.497 e. The standard InChI is InChI=1S/C10H13NO3/c1-7(10(12)13)11-8-4-3-5-9(6-8)14-2/h3-7,11H,1-2H3,(H,12,13)/t7-/m0/s1. The maximum Gasteiger partial charge on any atom is 0.325 e. The van der Waals surface area contributed by atoms with E-state index in [1.807, 2.05) is 0 Å². The van der Waals surface area contributed by atoms with Gasteiger partial charge in [0, 0.05) is 11.8 Å². The SMILES string of the molecule is COc1cccc(N[C@@H](C)C(=O)O)c1. The molecule has 0 bridgehead atoms. The third-order valence-electron chi connectivity index (χ3n) is 1.82. The van der Waals surface area contributed by atoms with Gasteiger partial charge in [-0.2, -0.15) is 0 Å². The molecule has 0 aliphatic carbocycles. The van der Waals surface area contributed by atoms with Crippen molar-refractivity contribution in [3.63, 3.8) is 0 Å². The van der Waals surface area contributed by atoms with Gasteiger partial charge in [-0.1, -0.05) is 6.07 Å². The van der Waals surface area contributed by atoms with Gasteiger partial charge in [0.05, 0.1) is 7.11 Å². The molecule has 0 saturated heterocycles. The summed E-state index contributed by atoms with van der Waals surface area (Å²) in [6.07, 6.45) is 0. The number of carbonyl (C=O) groups is 1. The van der Waals surface area contributed by atoms with Crippen LogP contribution in [0.5, 0.6) is 5.75 Å². The minimum absolute atomic E-state index is 0.609. The first kappa shape index (κ1) is 10.4. The highest BCUT2D eigenvalue weighted by Crippen LogP contribution is 2.17. The second-order valence-electron chi connectivity index (χ2n) is 2.94. The van der Waals surface area contributed by atoms with Crippen molar-refractivity contribution in [3.8, 4) is 5.75 Å². The number of rotatable bonds is 4. The smallest absolute Gasteiger partial charge is 0.325 e. The van der Waals surface area contributed by atoms with Crippen LogP contribution in [0, 0.1) is 0 Å². The molecule has 0 aliphatic heterocycles. The summed E-state index contributed by atoms with van der Waals surface area (Å²) < 4.78 is 5.01. The second kappa shape index (κ2) is 4.50. The predicted molar refractivity (Wildman–Crippen MR) is 53.7 cm³/mol.